The number of esters is 1. The van der Waals surface area contributed by atoms with Crippen LogP contribution in [0, 0.1) is 6.92 Å². The van der Waals surface area contributed by atoms with Crippen LogP contribution in [0.4, 0.5) is 4.79 Å². The van der Waals surface area contributed by atoms with Crippen molar-refractivity contribution in [2.45, 2.75) is 39.0 Å². The van der Waals surface area contributed by atoms with E-state index in [1.165, 1.54) is 7.11 Å². The van der Waals surface area contributed by atoms with Crippen molar-refractivity contribution in [3.63, 3.8) is 0 Å². The molecule has 1 aliphatic rings. The van der Waals surface area contributed by atoms with Crippen molar-refractivity contribution in [3.8, 4) is 16.9 Å². The molecule has 3 aromatic carbocycles. The minimum absolute atomic E-state index is 0.129. The van der Waals surface area contributed by atoms with Crippen molar-refractivity contribution < 1.29 is 23.8 Å². The maximum Gasteiger partial charge on any atom is 0.411 e. The molecule has 1 amide bonds. The van der Waals surface area contributed by atoms with Crippen molar-refractivity contribution in [2.75, 3.05) is 14.2 Å². The molecular formula is C28H29NO5. The zero-order valence-corrected chi connectivity index (χ0v) is 19.9. The average Bonchev–Trinajstić information content (AvgIpc) is 3.13. The Hall–Kier alpha value is -3.80. The highest BCUT2D eigenvalue weighted by atomic mass is 16.6. The number of carbonyl (C=O) groups excluding carboxylic acids is 2. The molecule has 1 saturated heterocycles. The lowest BCUT2D eigenvalue weighted by Gasteiger charge is -2.23. The Morgan fingerprint density at radius 3 is 2.47 bits per heavy atom. The Morgan fingerprint density at radius 1 is 1.00 bits per heavy atom. The molecule has 6 nitrogen and oxygen atoms in total. The maximum atomic E-state index is 12.9. The highest BCUT2D eigenvalue weighted by Gasteiger charge is 2.39. The molecule has 3 aromatic rings. The first-order valence-electron chi connectivity index (χ1n) is 11.3. The Kier molecular flexibility index (Phi) is 6.87. The van der Waals surface area contributed by atoms with Crippen LogP contribution in [0.25, 0.3) is 11.1 Å². The molecule has 176 valence electrons. The fourth-order valence-corrected chi connectivity index (χ4v) is 4.42. The Balaban J connectivity index is 1.69. The Labute approximate surface area is 200 Å². The minimum atomic E-state index is -0.333. The van der Waals surface area contributed by atoms with Crippen LogP contribution >= 0.6 is 0 Å². The van der Waals surface area contributed by atoms with Gasteiger partial charge in [0.05, 0.1) is 33.2 Å². The molecule has 0 radical (unpaired) electrons. The summed E-state index contributed by atoms with van der Waals surface area (Å²) in [4.78, 5) is 26.5. The fraction of sp³-hybridized carbons (Fsp3) is 0.286. The molecular weight excluding hydrogens is 430 g/mol. The lowest BCUT2D eigenvalue weighted by Crippen LogP contribution is -2.31. The van der Waals surface area contributed by atoms with Crippen molar-refractivity contribution in [3.05, 3.63) is 89.0 Å². The van der Waals surface area contributed by atoms with E-state index in [2.05, 4.69) is 6.07 Å². The molecule has 0 aromatic heterocycles. The Bertz CT molecular complexity index is 1190. The van der Waals surface area contributed by atoms with Crippen molar-refractivity contribution in [2.24, 2.45) is 0 Å². The number of methoxy groups -OCH3 is 2. The van der Waals surface area contributed by atoms with Gasteiger partial charge < -0.3 is 14.2 Å². The summed E-state index contributed by atoms with van der Waals surface area (Å²) in [6, 6.07) is 21.5. The third-order valence-electron chi connectivity index (χ3n) is 6.25. The van der Waals surface area contributed by atoms with Gasteiger partial charge in [0, 0.05) is 5.56 Å². The molecule has 6 heteroatoms. The van der Waals surface area contributed by atoms with Crippen molar-refractivity contribution in [1.82, 2.24) is 4.90 Å². The van der Waals surface area contributed by atoms with E-state index in [-0.39, 0.29) is 30.6 Å². The zero-order valence-electron chi connectivity index (χ0n) is 19.9. The second-order valence-corrected chi connectivity index (χ2v) is 8.53. The van der Waals surface area contributed by atoms with Gasteiger partial charge in [-0.05, 0) is 48.2 Å². The molecule has 1 fully saturated rings. The molecule has 0 saturated carbocycles. The monoisotopic (exact) mass is 459 g/mol. The lowest BCUT2D eigenvalue weighted by molar-refractivity contribution is -0.139. The number of hydrogen-bond acceptors (Lipinski definition) is 5. The average molecular weight is 460 g/mol. The first-order chi connectivity index (χ1) is 16.4. The molecule has 1 aliphatic heterocycles. The number of rotatable bonds is 7. The standard InChI is InChI=1S/C28H29NO5/c1-18-10-12-23(24-15-20(16-26(30)33-4)11-13-25(24)32-3)22(14-18)17-29-19(2)27(34-28(29)31)21-8-6-5-7-9-21/h5-15,19,27H,16-17H2,1-4H3/t19-,27-/m0/s1. The van der Waals surface area contributed by atoms with Crippen LogP contribution < -0.4 is 4.74 Å². The zero-order chi connectivity index (χ0) is 24.2. The van der Waals surface area contributed by atoms with E-state index in [1.807, 2.05) is 74.5 Å². The van der Waals surface area contributed by atoms with Gasteiger partial charge in [0.2, 0.25) is 0 Å². The Morgan fingerprint density at radius 2 is 1.76 bits per heavy atom. The summed E-state index contributed by atoms with van der Waals surface area (Å²) in [6.07, 6.45) is -0.483. The molecule has 0 N–H and O–H groups in total. The molecule has 0 unspecified atom stereocenters. The van der Waals surface area contributed by atoms with Crippen molar-refractivity contribution in [1.29, 1.82) is 0 Å². The smallest absolute Gasteiger partial charge is 0.411 e. The SMILES string of the molecule is COC(=O)Cc1ccc(OC)c(-c2ccc(C)cc2CN2C(=O)O[C@H](c3ccccc3)[C@@H]2C)c1. The van der Waals surface area contributed by atoms with Gasteiger partial charge in [-0.25, -0.2) is 4.79 Å². The largest absolute Gasteiger partial charge is 0.496 e. The van der Waals surface area contributed by atoms with Gasteiger partial charge in [0.1, 0.15) is 11.9 Å². The number of nitrogens with zero attached hydrogens (tertiary/aromatic N) is 1. The fourth-order valence-electron chi connectivity index (χ4n) is 4.42. The number of benzene rings is 3. The van der Waals surface area contributed by atoms with Gasteiger partial charge in [-0.3, -0.25) is 9.69 Å². The summed E-state index contributed by atoms with van der Waals surface area (Å²) in [5, 5.41) is 0. The molecule has 0 bridgehead atoms. The van der Waals surface area contributed by atoms with E-state index in [4.69, 9.17) is 14.2 Å². The van der Waals surface area contributed by atoms with Crippen LogP contribution in [-0.4, -0.2) is 37.2 Å². The first kappa shape index (κ1) is 23.4. The molecule has 34 heavy (non-hydrogen) atoms. The molecule has 4 rings (SSSR count). The lowest BCUT2D eigenvalue weighted by atomic mass is 9.94. The van der Waals surface area contributed by atoms with Gasteiger partial charge in [0.25, 0.3) is 0 Å². The van der Waals surface area contributed by atoms with Crippen LogP contribution in [0.3, 0.4) is 0 Å². The molecule has 1 heterocycles. The molecule has 2 atom stereocenters. The van der Waals surface area contributed by atoms with E-state index in [0.717, 1.165) is 33.4 Å². The van der Waals surface area contributed by atoms with E-state index in [1.54, 1.807) is 12.0 Å². The van der Waals surface area contributed by atoms with Crippen LogP contribution in [-0.2, 0) is 27.2 Å². The predicted molar refractivity (Wildman–Crippen MR) is 130 cm³/mol. The predicted octanol–water partition coefficient (Wildman–Crippen LogP) is 5.47. The number of amides is 1. The van der Waals surface area contributed by atoms with Gasteiger partial charge >= 0.3 is 12.1 Å². The third-order valence-corrected chi connectivity index (χ3v) is 6.25. The number of aryl methyl sites for hydroxylation is 1. The number of carbonyl (C=O) groups is 2. The van der Waals surface area contributed by atoms with Crippen LogP contribution in [0.5, 0.6) is 5.75 Å². The minimum Gasteiger partial charge on any atom is -0.496 e. The molecule has 0 spiro atoms. The third kappa shape index (κ3) is 4.76. The number of hydrogen-bond donors (Lipinski definition) is 0. The van der Waals surface area contributed by atoms with Gasteiger partial charge in [0.15, 0.2) is 0 Å². The molecule has 0 aliphatic carbocycles. The normalized spacial score (nSPS) is 17.4. The van der Waals surface area contributed by atoms with Gasteiger partial charge in [-0.1, -0.05) is 60.2 Å². The van der Waals surface area contributed by atoms with Crippen LogP contribution in [0.1, 0.15) is 35.3 Å². The number of cyclic esters (lactones) is 1. The van der Waals surface area contributed by atoms with E-state index in [9.17, 15) is 9.59 Å². The highest BCUT2D eigenvalue weighted by molar-refractivity contribution is 5.78. The first-order valence-corrected chi connectivity index (χ1v) is 11.3. The summed E-state index contributed by atoms with van der Waals surface area (Å²) in [5.74, 6) is 0.388. The van der Waals surface area contributed by atoms with E-state index < -0.39 is 0 Å². The second-order valence-electron chi connectivity index (χ2n) is 8.53. The summed E-state index contributed by atoms with van der Waals surface area (Å²) >= 11 is 0. The summed E-state index contributed by atoms with van der Waals surface area (Å²) in [6.45, 7) is 4.43. The summed E-state index contributed by atoms with van der Waals surface area (Å²) < 4.78 is 16.2. The van der Waals surface area contributed by atoms with Gasteiger partial charge in [-0.2, -0.15) is 0 Å². The summed E-state index contributed by atoms with van der Waals surface area (Å²) in [5.41, 5.74) is 5.67. The second kappa shape index (κ2) is 10.00. The van der Waals surface area contributed by atoms with E-state index >= 15 is 0 Å². The highest BCUT2D eigenvalue weighted by Crippen LogP contribution is 2.38. The van der Waals surface area contributed by atoms with Crippen LogP contribution in [0.15, 0.2) is 66.7 Å². The van der Waals surface area contributed by atoms with Crippen molar-refractivity contribution >= 4 is 12.1 Å². The van der Waals surface area contributed by atoms with Gasteiger partial charge in [-0.15, -0.1) is 0 Å². The quantitative estimate of drug-likeness (QED) is 0.439. The summed E-state index contributed by atoms with van der Waals surface area (Å²) in [7, 11) is 3.00. The number of ether oxygens (including phenoxy) is 3. The van der Waals surface area contributed by atoms with E-state index in [0.29, 0.717) is 12.3 Å². The van der Waals surface area contributed by atoms with Crippen LogP contribution in [0.2, 0.25) is 0 Å². The maximum absolute atomic E-state index is 12.9. The topological polar surface area (TPSA) is 65.1 Å².